The Bertz CT molecular complexity index is 589. The Morgan fingerprint density at radius 3 is 2.83 bits per heavy atom. The summed E-state index contributed by atoms with van der Waals surface area (Å²) in [5.74, 6) is -0.253. The van der Waals surface area contributed by atoms with Crippen LogP contribution in [0.1, 0.15) is 18.4 Å². The average Bonchev–Trinajstić information content (AvgIpc) is 2.84. The molecule has 2 amide bonds. The molecule has 6 heteroatoms. The number of likely N-dealkylation sites (tertiary alicyclic amines) is 1. The lowest BCUT2D eigenvalue weighted by Gasteiger charge is -2.18. The van der Waals surface area contributed by atoms with E-state index in [0.717, 1.165) is 35.2 Å². The monoisotopic (exact) mass is 381 g/mol. The van der Waals surface area contributed by atoms with Crippen LogP contribution in [0.4, 0.5) is 5.69 Å². The normalized spacial score (nSPS) is 17.9. The second-order valence-corrected chi connectivity index (χ2v) is 7.21. The quantitative estimate of drug-likeness (QED) is 0.823. The van der Waals surface area contributed by atoms with Crippen molar-refractivity contribution in [3.8, 4) is 0 Å². The van der Waals surface area contributed by atoms with Crippen LogP contribution in [0.3, 0.4) is 0 Å². The van der Waals surface area contributed by atoms with Gasteiger partial charge in [0, 0.05) is 29.7 Å². The number of aryl methyl sites for hydroxylation is 1. The zero-order valence-corrected chi connectivity index (χ0v) is 15.5. The van der Waals surface area contributed by atoms with Gasteiger partial charge in [-0.15, -0.1) is 0 Å². The fourth-order valence-corrected chi connectivity index (χ4v) is 2.96. The minimum Gasteiger partial charge on any atom is -0.342 e. The van der Waals surface area contributed by atoms with Crippen molar-refractivity contribution in [2.75, 3.05) is 39.0 Å². The standard InChI is InChI=1S/C17H24BrN3O2/c1-12-9-14(5-6-15(12)18)19-17(23)13-10-16(22)21(11-13)8-4-7-20(2)3/h5-6,9,13H,4,7-8,10-11H2,1-3H3,(H,19,23). The summed E-state index contributed by atoms with van der Waals surface area (Å²) in [6, 6.07) is 5.70. The van der Waals surface area contributed by atoms with Crippen LogP contribution < -0.4 is 5.32 Å². The number of carbonyl (C=O) groups excluding carboxylic acids is 2. The fourth-order valence-electron chi connectivity index (χ4n) is 2.71. The molecule has 126 valence electrons. The largest absolute Gasteiger partial charge is 0.342 e. The maximum Gasteiger partial charge on any atom is 0.229 e. The smallest absolute Gasteiger partial charge is 0.229 e. The highest BCUT2D eigenvalue weighted by Gasteiger charge is 2.33. The Balaban J connectivity index is 1.88. The van der Waals surface area contributed by atoms with Gasteiger partial charge in [-0.3, -0.25) is 9.59 Å². The highest BCUT2D eigenvalue weighted by atomic mass is 79.9. The molecular formula is C17H24BrN3O2. The van der Waals surface area contributed by atoms with Gasteiger partial charge < -0.3 is 15.1 Å². The molecule has 2 rings (SSSR count). The van der Waals surface area contributed by atoms with Crippen LogP contribution in [-0.2, 0) is 9.59 Å². The van der Waals surface area contributed by atoms with Gasteiger partial charge >= 0.3 is 0 Å². The molecule has 1 aliphatic rings. The van der Waals surface area contributed by atoms with E-state index >= 15 is 0 Å². The van der Waals surface area contributed by atoms with E-state index in [1.54, 1.807) is 4.90 Å². The van der Waals surface area contributed by atoms with E-state index in [1.807, 2.05) is 39.2 Å². The van der Waals surface area contributed by atoms with Gasteiger partial charge in [-0.2, -0.15) is 0 Å². The van der Waals surface area contributed by atoms with Gasteiger partial charge in [0.15, 0.2) is 0 Å². The molecule has 1 heterocycles. The summed E-state index contributed by atoms with van der Waals surface area (Å²) in [7, 11) is 4.03. The molecule has 1 unspecified atom stereocenters. The summed E-state index contributed by atoms with van der Waals surface area (Å²) in [5.41, 5.74) is 1.84. The van der Waals surface area contributed by atoms with Crippen molar-refractivity contribution in [2.24, 2.45) is 5.92 Å². The number of hydrogen-bond donors (Lipinski definition) is 1. The fraction of sp³-hybridized carbons (Fsp3) is 0.529. The third-order valence-electron chi connectivity index (χ3n) is 4.04. The highest BCUT2D eigenvalue weighted by Crippen LogP contribution is 2.23. The van der Waals surface area contributed by atoms with Gasteiger partial charge in [-0.1, -0.05) is 15.9 Å². The van der Waals surface area contributed by atoms with Crippen molar-refractivity contribution in [3.63, 3.8) is 0 Å². The molecule has 0 saturated carbocycles. The molecule has 23 heavy (non-hydrogen) atoms. The van der Waals surface area contributed by atoms with Crippen molar-refractivity contribution in [2.45, 2.75) is 19.8 Å². The van der Waals surface area contributed by atoms with Crippen LogP contribution in [-0.4, -0.2) is 55.3 Å². The molecule has 1 fully saturated rings. The number of nitrogens with zero attached hydrogens (tertiary/aromatic N) is 2. The number of nitrogens with one attached hydrogen (secondary N) is 1. The Morgan fingerprint density at radius 1 is 1.43 bits per heavy atom. The van der Waals surface area contributed by atoms with E-state index < -0.39 is 0 Å². The third kappa shape index (κ3) is 5.04. The van der Waals surface area contributed by atoms with E-state index in [1.165, 1.54) is 0 Å². The maximum atomic E-state index is 12.4. The zero-order valence-electron chi connectivity index (χ0n) is 13.9. The lowest BCUT2D eigenvalue weighted by Crippen LogP contribution is -2.30. The topological polar surface area (TPSA) is 52.7 Å². The molecule has 1 aromatic carbocycles. The minimum absolute atomic E-state index is 0.0739. The summed E-state index contributed by atoms with van der Waals surface area (Å²) in [4.78, 5) is 28.3. The third-order valence-corrected chi connectivity index (χ3v) is 4.93. The Morgan fingerprint density at radius 2 is 2.17 bits per heavy atom. The van der Waals surface area contributed by atoms with Crippen molar-refractivity contribution in [1.29, 1.82) is 0 Å². The molecule has 0 bridgehead atoms. The summed E-state index contributed by atoms with van der Waals surface area (Å²) in [6.45, 7) is 4.16. The lowest BCUT2D eigenvalue weighted by molar-refractivity contribution is -0.128. The number of halogens is 1. The number of carbonyl (C=O) groups is 2. The van der Waals surface area contributed by atoms with Crippen LogP contribution in [0.15, 0.2) is 22.7 Å². The predicted octanol–water partition coefficient (Wildman–Crippen LogP) is 2.50. The Hall–Kier alpha value is -1.40. The van der Waals surface area contributed by atoms with E-state index in [4.69, 9.17) is 0 Å². The number of anilines is 1. The molecule has 0 spiro atoms. The number of amides is 2. The number of hydrogen-bond acceptors (Lipinski definition) is 3. The van der Waals surface area contributed by atoms with Crippen LogP contribution in [0.2, 0.25) is 0 Å². The molecule has 0 aliphatic carbocycles. The zero-order chi connectivity index (χ0) is 17.0. The predicted molar refractivity (Wildman–Crippen MR) is 95.4 cm³/mol. The second kappa shape index (κ2) is 7.93. The number of benzene rings is 1. The first-order valence-corrected chi connectivity index (χ1v) is 8.65. The number of rotatable bonds is 6. The second-order valence-electron chi connectivity index (χ2n) is 6.35. The van der Waals surface area contributed by atoms with Crippen LogP contribution in [0.25, 0.3) is 0 Å². The maximum absolute atomic E-state index is 12.4. The average molecular weight is 382 g/mol. The summed E-state index contributed by atoms with van der Waals surface area (Å²) >= 11 is 3.44. The molecule has 1 atom stereocenters. The van der Waals surface area contributed by atoms with Crippen LogP contribution in [0, 0.1) is 12.8 Å². The van der Waals surface area contributed by atoms with E-state index in [9.17, 15) is 9.59 Å². The van der Waals surface area contributed by atoms with Gasteiger partial charge in [0.25, 0.3) is 0 Å². The molecule has 1 aliphatic heterocycles. The van der Waals surface area contributed by atoms with Gasteiger partial charge in [0.2, 0.25) is 11.8 Å². The minimum atomic E-state index is -0.259. The Kier molecular flexibility index (Phi) is 6.18. The van der Waals surface area contributed by atoms with Crippen molar-refractivity contribution >= 4 is 33.4 Å². The summed E-state index contributed by atoms with van der Waals surface area (Å²) < 4.78 is 1.01. The molecule has 5 nitrogen and oxygen atoms in total. The highest BCUT2D eigenvalue weighted by molar-refractivity contribution is 9.10. The first-order chi connectivity index (χ1) is 10.9. The summed E-state index contributed by atoms with van der Waals surface area (Å²) in [6.07, 6.45) is 1.24. The van der Waals surface area contributed by atoms with E-state index in [2.05, 4.69) is 26.1 Å². The van der Waals surface area contributed by atoms with Gasteiger partial charge in [0.05, 0.1) is 5.92 Å². The SMILES string of the molecule is Cc1cc(NC(=O)C2CC(=O)N(CCCN(C)C)C2)ccc1Br. The Labute approximate surface area is 146 Å². The molecule has 0 aromatic heterocycles. The van der Waals surface area contributed by atoms with Crippen molar-refractivity contribution < 1.29 is 9.59 Å². The first-order valence-electron chi connectivity index (χ1n) is 7.86. The van der Waals surface area contributed by atoms with Gasteiger partial charge in [-0.25, -0.2) is 0 Å². The molecule has 1 aromatic rings. The van der Waals surface area contributed by atoms with Crippen LogP contribution >= 0.6 is 15.9 Å². The van der Waals surface area contributed by atoms with Gasteiger partial charge in [-0.05, 0) is 57.7 Å². The van der Waals surface area contributed by atoms with Crippen LogP contribution in [0.5, 0.6) is 0 Å². The van der Waals surface area contributed by atoms with E-state index in [-0.39, 0.29) is 17.7 Å². The first kappa shape index (κ1) is 17.9. The lowest BCUT2D eigenvalue weighted by atomic mass is 10.1. The molecular weight excluding hydrogens is 358 g/mol. The van der Waals surface area contributed by atoms with Gasteiger partial charge in [0.1, 0.15) is 0 Å². The van der Waals surface area contributed by atoms with Crippen molar-refractivity contribution in [3.05, 3.63) is 28.2 Å². The summed E-state index contributed by atoms with van der Waals surface area (Å²) in [5, 5.41) is 2.92. The molecule has 1 N–H and O–H groups in total. The van der Waals surface area contributed by atoms with E-state index in [0.29, 0.717) is 13.0 Å². The molecule has 1 saturated heterocycles. The van der Waals surface area contributed by atoms with Crippen molar-refractivity contribution in [1.82, 2.24) is 9.80 Å². The molecule has 0 radical (unpaired) electrons.